The summed E-state index contributed by atoms with van der Waals surface area (Å²) >= 11 is 0. The minimum atomic E-state index is 0.295. The topological polar surface area (TPSA) is 30.3 Å². The number of likely N-dealkylation sites (N-methyl/N-ethyl adjacent to an activating group) is 1. The van der Waals surface area contributed by atoms with Crippen LogP contribution in [0.2, 0.25) is 0 Å². The lowest BCUT2D eigenvalue weighted by molar-refractivity contribution is 0.208. The molecule has 1 saturated heterocycles. The van der Waals surface area contributed by atoms with Gasteiger partial charge in [-0.2, -0.15) is 5.10 Å². The zero-order valence-electron chi connectivity index (χ0n) is 10.5. The standard InChI is InChI=1S/C14H17N3O/c1-16-8-7-13(10-16)18-14-9-15-17(11-14)12-5-3-2-4-6-12/h2-6,9,11,13H,7-8,10H2,1H3. The van der Waals surface area contributed by atoms with Crippen LogP contribution in [-0.4, -0.2) is 40.9 Å². The maximum atomic E-state index is 5.92. The van der Waals surface area contributed by atoms with E-state index in [1.54, 1.807) is 6.20 Å². The second kappa shape index (κ2) is 4.82. The van der Waals surface area contributed by atoms with Crippen molar-refractivity contribution in [2.24, 2.45) is 0 Å². The number of aromatic nitrogens is 2. The van der Waals surface area contributed by atoms with Crippen LogP contribution >= 0.6 is 0 Å². The van der Waals surface area contributed by atoms with Crippen LogP contribution in [0.5, 0.6) is 5.75 Å². The Hall–Kier alpha value is -1.81. The Bertz CT molecular complexity index is 509. The van der Waals surface area contributed by atoms with Crippen LogP contribution < -0.4 is 4.74 Å². The molecule has 3 rings (SSSR count). The molecule has 1 aliphatic rings. The van der Waals surface area contributed by atoms with Gasteiger partial charge >= 0.3 is 0 Å². The van der Waals surface area contributed by atoms with Crippen molar-refractivity contribution in [2.75, 3.05) is 20.1 Å². The van der Waals surface area contributed by atoms with Crippen LogP contribution in [0.3, 0.4) is 0 Å². The van der Waals surface area contributed by atoms with Crippen LogP contribution in [0.25, 0.3) is 5.69 Å². The van der Waals surface area contributed by atoms with Gasteiger partial charge in [0.2, 0.25) is 0 Å². The molecule has 0 spiro atoms. The Balaban J connectivity index is 1.70. The first-order chi connectivity index (χ1) is 8.81. The maximum absolute atomic E-state index is 5.92. The van der Waals surface area contributed by atoms with Crippen molar-refractivity contribution >= 4 is 0 Å². The predicted octanol–water partition coefficient (Wildman–Crippen LogP) is 1.96. The third kappa shape index (κ3) is 2.38. The molecule has 1 atom stereocenters. The molecule has 0 saturated carbocycles. The molecular formula is C14H17N3O. The van der Waals surface area contributed by atoms with E-state index >= 15 is 0 Å². The van der Waals surface area contributed by atoms with Gasteiger partial charge in [-0.15, -0.1) is 0 Å². The van der Waals surface area contributed by atoms with Gasteiger partial charge in [-0.25, -0.2) is 4.68 Å². The number of hydrogen-bond donors (Lipinski definition) is 0. The van der Waals surface area contributed by atoms with E-state index in [0.29, 0.717) is 6.10 Å². The first kappa shape index (κ1) is 11.3. The third-order valence-electron chi connectivity index (χ3n) is 3.23. The Morgan fingerprint density at radius 3 is 2.83 bits per heavy atom. The number of nitrogens with zero attached hydrogens (tertiary/aromatic N) is 3. The van der Waals surface area contributed by atoms with Crippen molar-refractivity contribution in [3.8, 4) is 11.4 Å². The molecule has 1 aromatic heterocycles. The normalized spacial score (nSPS) is 20.2. The molecular weight excluding hydrogens is 226 g/mol. The van der Waals surface area contributed by atoms with E-state index in [0.717, 1.165) is 30.9 Å². The van der Waals surface area contributed by atoms with Crippen LogP contribution in [-0.2, 0) is 0 Å². The van der Waals surface area contributed by atoms with Gasteiger partial charge in [-0.05, 0) is 25.6 Å². The average Bonchev–Trinajstić information content (AvgIpc) is 3.01. The van der Waals surface area contributed by atoms with E-state index in [2.05, 4.69) is 17.0 Å². The fraction of sp³-hybridized carbons (Fsp3) is 0.357. The SMILES string of the molecule is CN1CCC(Oc2cnn(-c3ccccc3)c2)C1. The number of benzene rings is 1. The predicted molar refractivity (Wildman–Crippen MR) is 70.1 cm³/mol. The summed E-state index contributed by atoms with van der Waals surface area (Å²) in [5.74, 6) is 0.846. The highest BCUT2D eigenvalue weighted by atomic mass is 16.5. The fourth-order valence-electron chi connectivity index (χ4n) is 2.27. The van der Waals surface area contributed by atoms with Gasteiger partial charge in [0.1, 0.15) is 6.10 Å². The maximum Gasteiger partial charge on any atom is 0.158 e. The Labute approximate surface area is 107 Å². The molecule has 18 heavy (non-hydrogen) atoms. The highest BCUT2D eigenvalue weighted by Gasteiger charge is 2.21. The Kier molecular flexibility index (Phi) is 3.02. The van der Waals surface area contributed by atoms with Gasteiger partial charge in [0.05, 0.1) is 18.1 Å². The molecule has 94 valence electrons. The first-order valence-electron chi connectivity index (χ1n) is 6.26. The molecule has 0 aliphatic carbocycles. The highest BCUT2D eigenvalue weighted by Crippen LogP contribution is 2.18. The van der Waals surface area contributed by atoms with Crippen LogP contribution in [0.15, 0.2) is 42.7 Å². The number of ether oxygens (including phenoxy) is 1. The van der Waals surface area contributed by atoms with E-state index in [1.807, 2.05) is 41.2 Å². The van der Waals surface area contributed by atoms with Crippen molar-refractivity contribution in [1.29, 1.82) is 0 Å². The minimum absolute atomic E-state index is 0.295. The van der Waals surface area contributed by atoms with E-state index in [-0.39, 0.29) is 0 Å². The summed E-state index contributed by atoms with van der Waals surface area (Å²) in [6.45, 7) is 2.11. The fourth-order valence-corrected chi connectivity index (χ4v) is 2.27. The van der Waals surface area contributed by atoms with Gasteiger partial charge < -0.3 is 9.64 Å². The zero-order chi connectivity index (χ0) is 12.4. The molecule has 0 amide bonds. The highest BCUT2D eigenvalue weighted by molar-refractivity contribution is 5.32. The summed E-state index contributed by atoms with van der Waals surface area (Å²) in [5.41, 5.74) is 1.05. The van der Waals surface area contributed by atoms with E-state index in [1.165, 1.54) is 0 Å². The lowest BCUT2D eigenvalue weighted by Crippen LogP contribution is -2.21. The van der Waals surface area contributed by atoms with Crippen molar-refractivity contribution in [3.05, 3.63) is 42.7 Å². The summed E-state index contributed by atoms with van der Waals surface area (Å²) in [4.78, 5) is 2.28. The number of likely N-dealkylation sites (tertiary alicyclic amines) is 1. The van der Waals surface area contributed by atoms with E-state index in [9.17, 15) is 0 Å². The van der Waals surface area contributed by atoms with Crippen molar-refractivity contribution in [3.63, 3.8) is 0 Å². The van der Waals surface area contributed by atoms with Crippen LogP contribution in [0.1, 0.15) is 6.42 Å². The lowest BCUT2D eigenvalue weighted by atomic mass is 10.3. The molecule has 1 aromatic carbocycles. The number of rotatable bonds is 3. The molecule has 4 heteroatoms. The van der Waals surface area contributed by atoms with Gasteiger partial charge in [-0.3, -0.25) is 0 Å². The summed E-state index contributed by atoms with van der Waals surface area (Å²) in [6, 6.07) is 10.1. The Morgan fingerprint density at radius 2 is 2.11 bits per heavy atom. The first-order valence-corrected chi connectivity index (χ1v) is 6.26. The van der Waals surface area contributed by atoms with E-state index in [4.69, 9.17) is 4.74 Å². The molecule has 0 N–H and O–H groups in total. The molecule has 1 aliphatic heterocycles. The summed E-state index contributed by atoms with van der Waals surface area (Å²) in [5, 5.41) is 4.33. The second-order valence-electron chi connectivity index (χ2n) is 4.75. The monoisotopic (exact) mass is 243 g/mol. The van der Waals surface area contributed by atoms with Gasteiger partial charge in [0.25, 0.3) is 0 Å². The molecule has 1 unspecified atom stereocenters. The van der Waals surface area contributed by atoms with E-state index < -0.39 is 0 Å². The van der Waals surface area contributed by atoms with Crippen molar-refractivity contribution in [1.82, 2.24) is 14.7 Å². The lowest BCUT2D eigenvalue weighted by Gasteiger charge is -2.11. The second-order valence-corrected chi connectivity index (χ2v) is 4.75. The Morgan fingerprint density at radius 1 is 1.28 bits per heavy atom. The van der Waals surface area contributed by atoms with Crippen molar-refractivity contribution < 1.29 is 4.74 Å². The quantitative estimate of drug-likeness (QED) is 0.825. The van der Waals surface area contributed by atoms with Gasteiger partial charge in [0, 0.05) is 13.1 Å². The molecule has 2 heterocycles. The van der Waals surface area contributed by atoms with Crippen LogP contribution in [0.4, 0.5) is 0 Å². The van der Waals surface area contributed by atoms with Crippen molar-refractivity contribution in [2.45, 2.75) is 12.5 Å². The zero-order valence-corrected chi connectivity index (χ0v) is 10.5. The van der Waals surface area contributed by atoms with Gasteiger partial charge in [-0.1, -0.05) is 18.2 Å². The smallest absolute Gasteiger partial charge is 0.158 e. The minimum Gasteiger partial charge on any atom is -0.486 e. The summed E-state index contributed by atoms with van der Waals surface area (Å²) in [6.07, 6.45) is 5.11. The van der Waals surface area contributed by atoms with Crippen LogP contribution in [0, 0.1) is 0 Å². The molecule has 4 nitrogen and oxygen atoms in total. The number of para-hydroxylation sites is 1. The summed E-state index contributed by atoms with van der Waals surface area (Å²) in [7, 11) is 2.12. The molecule has 0 radical (unpaired) electrons. The molecule has 0 bridgehead atoms. The summed E-state index contributed by atoms with van der Waals surface area (Å²) < 4.78 is 7.76. The molecule has 2 aromatic rings. The van der Waals surface area contributed by atoms with Gasteiger partial charge in [0.15, 0.2) is 5.75 Å². The molecule has 1 fully saturated rings. The number of hydrogen-bond acceptors (Lipinski definition) is 3. The largest absolute Gasteiger partial charge is 0.486 e. The third-order valence-corrected chi connectivity index (χ3v) is 3.23. The average molecular weight is 243 g/mol.